The molecule has 0 aliphatic heterocycles. The van der Waals surface area contributed by atoms with Crippen molar-refractivity contribution >= 4 is 0 Å². The van der Waals surface area contributed by atoms with E-state index in [-0.39, 0.29) is 6.04 Å². The Hall–Kier alpha value is -0.0800. The number of rotatable bonds is 6. The third kappa shape index (κ3) is 4.52. The molecule has 3 unspecified atom stereocenters. The van der Waals surface area contributed by atoms with Crippen LogP contribution in [0.1, 0.15) is 58.8 Å². The average molecular weight is 213 g/mol. The Morgan fingerprint density at radius 3 is 2.67 bits per heavy atom. The highest BCUT2D eigenvalue weighted by molar-refractivity contribution is 4.75. The van der Waals surface area contributed by atoms with Crippen molar-refractivity contribution in [3.05, 3.63) is 0 Å². The van der Waals surface area contributed by atoms with Gasteiger partial charge in [0.1, 0.15) is 0 Å². The fourth-order valence-electron chi connectivity index (χ4n) is 2.56. The molecule has 1 fully saturated rings. The summed E-state index contributed by atoms with van der Waals surface area (Å²) >= 11 is 0. The fourth-order valence-corrected chi connectivity index (χ4v) is 2.56. The van der Waals surface area contributed by atoms with E-state index in [4.69, 9.17) is 10.5 Å². The van der Waals surface area contributed by atoms with Gasteiger partial charge in [0.25, 0.3) is 0 Å². The molecular weight excluding hydrogens is 186 g/mol. The van der Waals surface area contributed by atoms with Crippen molar-refractivity contribution in [3.8, 4) is 0 Å². The van der Waals surface area contributed by atoms with Crippen molar-refractivity contribution in [2.45, 2.75) is 70.9 Å². The minimum Gasteiger partial charge on any atom is -0.376 e. The van der Waals surface area contributed by atoms with Crippen LogP contribution < -0.4 is 5.73 Å². The molecule has 15 heavy (non-hydrogen) atoms. The number of nitrogens with two attached hydrogens (primary N) is 1. The molecular formula is C13H27NO. The summed E-state index contributed by atoms with van der Waals surface area (Å²) < 4.78 is 5.98. The minimum absolute atomic E-state index is 0.245. The van der Waals surface area contributed by atoms with Gasteiger partial charge < -0.3 is 10.5 Å². The van der Waals surface area contributed by atoms with E-state index in [1.165, 1.54) is 32.1 Å². The van der Waals surface area contributed by atoms with Crippen molar-refractivity contribution in [2.24, 2.45) is 11.7 Å². The van der Waals surface area contributed by atoms with Crippen LogP contribution in [-0.4, -0.2) is 18.8 Å². The van der Waals surface area contributed by atoms with Gasteiger partial charge in [-0.3, -0.25) is 0 Å². The van der Waals surface area contributed by atoms with Gasteiger partial charge in [0.05, 0.1) is 12.7 Å². The van der Waals surface area contributed by atoms with Gasteiger partial charge in [-0.05, 0) is 25.2 Å². The van der Waals surface area contributed by atoms with Crippen LogP contribution in [0.2, 0.25) is 0 Å². The normalized spacial score (nSPS) is 29.0. The van der Waals surface area contributed by atoms with E-state index < -0.39 is 0 Å². The first-order valence-corrected chi connectivity index (χ1v) is 6.65. The third-order valence-electron chi connectivity index (χ3n) is 3.55. The second kappa shape index (κ2) is 7.24. The molecule has 0 heterocycles. The zero-order chi connectivity index (χ0) is 11.1. The Bertz CT molecular complexity index is 161. The maximum atomic E-state index is 5.98. The van der Waals surface area contributed by atoms with Gasteiger partial charge in [-0.25, -0.2) is 0 Å². The maximum absolute atomic E-state index is 5.98. The standard InChI is InChI=1S/C13H27NO/c1-3-7-12(14)10-15-13-9-6-5-8-11(13)4-2/h11-13H,3-10,14H2,1-2H3. The molecule has 2 N–H and O–H groups in total. The van der Waals surface area contributed by atoms with Crippen molar-refractivity contribution in [3.63, 3.8) is 0 Å². The summed E-state index contributed by atoms with van der Waals surface area (Å²) in [5, 5.41) is 0. The molecule has 2 nitrogen and oxygen atoms in total. The Labute approximate surface area is 94.6 Å². The zero-order valence-electron chi connectivity index (χ0n) is 10.4. The quantitative estimate of drug-likeness (QED) is 0.736. The number of hydrogen-bond acceptors (Lipinski definition) is 2. The van der Waals surface area contributed by atoms with Gasteiger partial charge in [0.2, 0.25) is 0 Å². The van der Waals surface area contributed by atoms with Crippen molar-refractivity contribution < 1.29 is 4.74 Å². The lowest BCUT2D eigenvalue weighted by Gasteiger charge is -2.31. The van der Waals surface area contributed by atoms with Crippen LogP contribution in [0.5, 0.6) is 0 Å². The van der Waals surface area contributed by atoms with Crippen LogP contribution in [0.3, 0.4) is 0 Å². The summed E-state index contributed by atoms with van der Waals surface area (Å²) in [4.78, 5) is 0. The van der Waals surface area contributed by atoms with E-state index in [9.17, 15) is 0 Å². The number of ether oxygens (including phenoxy) is 1. The van der Waals surface area contributed by atoms with E-state index in [1.54, 1.807) is 0 Å². The van der Waals surface area contributed by atoms with Crippen molar-refractivity contribution in [1.82, 2.24) is 0 Å². The molecule has 1 rings (SSSR count). The third-order valence-corrected chi connectivity index (χ3v) is 3.55. The molecule has 1 saturated carbocycles. The highest BCUT2D eigenvalue weighted by atomic mass is 16.5. The molecule has 2 heteroatoms. The molecule has 1 aliphatic rings. The van der Waals surface area contributed by atoms with Gasteiger partial charge in [0.15, 0.2) is 0 Å². The van der Waals surface area contributed by atoms with Crippen LogP contribution >= 0.6 is 0 Å². The molecule has 0 amide bonds. The largest absolute Gasteiger partial charge is 0.376 e. The van der Waals surface area contributed by atoms with E-state index >= 15 is 0 Å². The monoisotopic (exact) mass is 213 g/mol. The van der Waals surface area contributed by atoms with Crippen LogP contribution in [0.25, 0.3) is 0 Å². The Morgan fingerprint density at radius 2 is 2.00 bits per heavy atom. The topological polar surface area (TPSA) is 35.2 Å². The summed E-state index contributed by atoms with van der Waals surface area (Å²) in [7, 11) is 0. The lowest BCUT2D eigenvalue weighted by Crippen LogP contribution is -2.33. The Balaban J connectivity index is 2.22. The van der Waals surface area contributed by atoms with Gasteiger partial charge in [0, 0.05) is 6.04 Å². The van der Waals surface area contributed by atoms with Gasteiger partial charge in [-0.2, -0.15) is 0 Å². The van der Waals surface area contributed by atoms with E-state index in [2.05, 4.69) is 13.8 Å². The Kier molecular flexibility index (Phi) is 6.26. The van der Waals surface area contributed by atoms with Gasteiger partial charge >= 0.3 is 0 Å². The molecule has 1 aliphatic carbocycles. The predicted octanol–water partition coefficient (Wildman–Crippen LogP) is 3.10. The van der Waals surface area contributed by atoms with Gasteiger partial charge in [-0.1, -0.05) is 39.5 Å². The molecule has 0 saturated heterocycles. The number of hydrogen-bond donors (Lipinski definition) is 1. The first-order chi connectivity index (χ1) is 7.27. The average Bonchev–Trinajstić information content (AvgIpc) is 2.27. The maximum Gasteiger partial charge on any atom is 0.0621 e. The zero-order valence-corrected chi connectivity index (χ0v) is 10.4. The molecule has 90 valence electrons. The van der Waals surface area contributed by atoms with Crippen molar-refractivity contribution in [1.29, 1.82) is 0 Å². The minimum atomic E-state index is 0.245. The summed E-state index contributed by atoms with van der Waals surface area (Å²) in [5.41, 5.74) is 5.96. The van der Waals surface area contributed by atoms with Crippen molar-refractivity contribution in [2.75, 3.05) is 6.61 Å². The SMILES string of the molecule is CCCC(N)COC1CCCCC1CC. The molecule has 3 atom stereocenters. The van der Waals surface area contributed by atoms with Crippen LogP contribution in [0.4, 0.5) is 0 Å². The summed E-state index contributed by atoms with van der Waals surface area (Å²) in [6.07, 6.45) is 9.32. The lowest BCUT2D eigenvalue weighted by molar-refractivity contribution is -0.0184. The Morgan fingerprint density at radius 1 is 1.27 bits per heavy atom. The van der Waals surface area contributed by atoms with Gasteiger partial charge in [-0.15, -0.1) is 0 Å². The molecule has 0 aromatic rings. The second-order valence-electron chi connectivity index (χ2n) is 4.87. The highest BCUT2D eigenvalue weighted by Gasteiger charge is 2.24. The lowest BCUT2D eigenvalue weighted by atomic mass is 9.85. The molecule has 0 spiro atoms. The first-order valence-electron chi connectivity index (χ1n) is 6.65. The molecule has 0 radical (unpaired) electrons. The van der Waals surface area contributed by atoms with Crippen LogP contribution in [0.15, 0.2) is 0 Å². The smallest absolute Gasteiger partial charge is 0.0621 e. The van der Waals surface area contributed by atoms with Crippen LogP contribution in [-0.2, 0) is 4.74 Å². The molecule has 0 bridgehead atoms. The van der Waals surface area contributed by atoms with E-state index in [1.807, 2.05) is 0 Å². The van der Waals surface area contributed by atoms with E-state index in [0.717, 1.165) is 25.4 Å². The van der Waals surface area contributed by atoms with Crippen LogP contribution in [0, 0.1) is 5.92 Å². The summed E-state index contributed by atoms with van der Waals surface area (Å²) in [6.45, 7) is 5.21. The van der Waals surface area contributed by atoms with E-state index in [0.29, 0.717) is 6.10 Å². The second-order valence-corrected chi connectivity index (χ2v) is 4.87. The predicted molar refractivity (Wildman–Crippen MR) is 64.9 cm³/mol. The fraction of sp³-hybridized carbons (Fsp3) is 1.00. The highest BCUT2D eigenvalue weighted by Crippen LogP contribution is 2.29. The molecule has 0 aromatic heterocycles. The summed E-state index contributed by atoms with van der Waals surface area (Å²) in [5.74, 6) is 0.785. The molecule has 0 aromatic carbocycles. The summed E-state index contributed by atoms with van der Waals surface area (Å²) in [6, 6.07) is 0.245. The first kappa shape index (κ1) is 13.0.